The Hall–Kier alpha value is -3.04. The van der Waals surface area contributed by atoms with Gasteiger partial charge >= 0.3 is 6.18 Å². The first-order valence-corrected chi connectivity index (χ1v) is 11.8. The first-order chi connectivity index (χ1) is 15.5. The maximum atomic E-state index is 13.0. The molecule has 33 heavy (non-hydrogen) atoms. The SMILES string of the molecule is O=C(c1cccc(Cl)c1)N1CCCc2cc(S(=O)(=O)Nc3cccc(C(F)(F)F)c3)ccc21. The zero-order valence-electron chi connectivity index (χ0n) is 17.1. The number of aryl methyl sites for hydroxylation is 1. The lowest BCUT2D eigenvalue weighted by molar-refractivity contribution is -0.137. The van der Waals surface area contributed by atoms with E-state index in [0.717, 1.165) is 18.2 Å². The van der Waals surface area contributed by atoms with Crippen LogP contribution in [0.1, 0.15) is 27.9 Å². The minimum atomic E-state index is -4.59. The second-order valence-corrected chi connectivity index (χ2v) is 9.66. The predicted octanol–water partition coefficient (Wildman–Crippen LogP) is 5.75. The van der Waals surface area contributed by atoms with Crippen LogP contribution in [0.2, 0.25) is 5.02 Å². The van der Waals surface area contributed by atoms with Crippen molar-refractivity contribution in [3.05, 3.63) is 88.4 Å². The third-order valence-corrected chi connectivity index (χ3v) is 6.85. The van der Waals surface area contributed by atoms with E-state index in [9.17, 15) is 26.4 Å². The Morgan fingerprint density at radius 3 is 2.48 bits per heavy atom. The van der Waals surface area contributed by atoms with Gasteiger partial charge in [-0.25, -0.2) is 8.42 Å². The number of halogens is 4. The van der Waals surface area contributed by atoms with Crippen LogP contribution in [0.3, 0.4) is 0 Å². The molecule has 1 N–H and O–H groups in total. The van der Waals surface area contributed by atoms with Crippen LogP contribution in [0.4, 0.5) is 24.5 Å². The number of fused-ring (bicyclic) bond motifs is 1. The highest BCUT2D eigenvalue weighted by molar-refractivity contribution is 7.92. The molecule has 0 saturated carbocycles. The summed E-state index contributed by atoms with van der Waals surface area (Å²) in [5.41, 5.74) is 0.509. The number of anilines is 2. The molecule has 1 amide bonds. The molecule has 172 valence electrons. The second-order valence-electron chi connectivity index (χ2n) is 7.55. The summed E-state index contributed by atoms with van der Waals surface area (Å²) in [6.45, 7) is 0.465. The Bertz CT molecular complexity index is 1330. The fourth-order valence-corrected chi connectivity index (χ4v) is 4.99. The van der Waals surface area contributed by atoms with E-state index in [1.165, 1.54) is 24.3 Å². The van der Waals surface area contributed by atoms with Crippen LogP contribution in [0.15, 0.2) is 71.6 Å². The predicted molar refractivity (Wildman–Crippen MR) is 120 cm³/mol. The second kappa shape index (κ2) is 8.72. The lowest BCUT2D eigenvalue weighted by Gasteiger charge is -2.30. The van der Waals surface area contributed by atoms with E-state index in [-0.39, 0.29) is 16.5 Å². The molecule has 1 aliphatic heterocycles. The van der Waals surface area contributed by atoms with Crippen molar-refractivity contribution in [2.24, 2.45) is 0 Å². The van der Waals surface area contributed by atoms with Crippen molar-refractivity contribution >= 4 is 38.9 Å². The smallest absolute Gasteiger partial charge is 0.308 e. The van der Waals surface area contributed by atoms with Crippen LogP contribution >= 0.6 is 11.6 Å². The summed E-state index contributed by atoms with van der Waals surface area (Å²) in [5, 5.41) is 0.431. The topological polar surface area (TPSA) is 66.5 Å². The van der Waals surface area contributed by atoms with Gasteiger partial charge in [-0.1, -0.05) is 23.7 Å². The molecule has 5 nitrogen and oxygen atoms in total. The summed E-state index contributed by atoms with van der Waals surface area (Å²) < 4.78 is 66.7. The molecule has 0 unspecified atom stereocenters. The van der Waals surface area contributed by atoms with Crippen molar-refractivity contribution in [3.63, 3.8) is 0 Å². The van der Waals surface area contributed by atoms with Gasteiger partial charge in [0, 0.05) is 28.5 Å². The molecule has 3 aromatic rings. The quantitative estimate of drug-likeness (QED) is 0.502. The van der Waals surface area contributed by atoms with Crippen molar-refractivity contribution < 1.29 is 26.4 Å². The Balaban J connectivity index is 1.62. The number of carbonyl (C=O) groups is 1. The summed E-state index contributed by atoms with van der Waals surface area (Å²) in [6, 6.07) is 14.9. The summed E-state index contributed by atoms with van der Waals surface area (Å²) in [5.74, 6) is -0.254. The average molecular weight is 495 g/mol. The van der Waals surface area contributed by atoms with Crippen LogP contribution in [-0.2, 0) is 22.6 Å². The standard InChI is InChI=1S/C23H18ClF3N2O3S/c24-18-7-1-4-16(12-18)22(30)29-11-3-5-15-13-20(9-10-21(15)29)33(31,32)28-19-8-2-6-17(14-19)23(25,26)27/h1-2,4,6-10,12-14,28H,3,5,11H2. The van der Waals surface area contributed by atoms with Crippen LogP contribution in [0.5, 0.6) is 0 Å². The molecule has 10 heteroatoms. The highest BCUT2D eigenvalue weighted by Gasteiger charge is 2.31. The zero-order chi connectivity index (χ0) is 23.8. The van der Waals surface area contributed by atoms with Gasteiger partial charge in [-0.3, -0.25) is 9.52 Å². The van der Waals surface area contributed by atoms with Crippen molar-refractivity contribution in [2.75, 3.05) is 16.2 Å². The normalized spacial score (nSPS) is 14.0. The molecule has 0 radical (unpaired) electrons. The maximum absolute atomic E-state index is 13.0. The van der Waals surface area contributed by atoms with Crippen molar-refractivity contribution in [1.82, 2.24) is 0 Å². The number of carbonyl (C=O) groups excluding carboxylic acids is 1. The number of benzene rings is 3. The lowest BCUT2D eigenvalue weighted by atomic mass is 10.0. The third kappa shape index (κ3) is 4.99. The molecular formula is C23H18ClF3N2O3S. The van der Waals surface area contributed by atoms with E-state index in [1.807, 2.05) is 0 Å². The average Bonchev–Trinajstić information content (AvgIpc) is 2.77. The lowest BCUT2D eigenvalue weighted by Crippen LogP contribution is -2.35. The third-order valence-electron chi connectivity index (χ3n) is 5.24. The first kappa shape index (κ1) is 23.1. The molecule has 4 rings (SSSR count). The Kier molecular flexibility index (Phi) is 6.11. The molecule has 0 aliphatic carbocycles. The number of hydrogen-bond donors (Lipinski definition) is 1. The van der Waals surface area contributed by atoms with Crippen LogP contribution in [-0.4, -0.2) is 20.9 Å². The van der Waals surface area contributed by atoms with Gasteiger partial charge in [0.1, 0.15) is 0 Å². The first-order valence-electron chi connectivity index (χ1n) is 9.95. The molecule has 1 heterocycles. The highest BCUT2D eigenvalue weighted by atomic mass is 35.5. The van der Waals surface area contributed by atoms with Gasteiger partial charge in [0.2, 0.25) is 0 Å². The van der Waals surface area contributed by atoms with E-state index < -0.39 is 21.8 Å². The maximum Gasteiger partial charge on any atom is 0.416 e. The number of rotatable bonds is 4. The van der Waals surface area contributed by atoms with Gasteiger partial charge in [0.25, 0.3) is 15.9 Å². The van der Waals surface area contributed by atoms with Gasteiger partial charge in [-0.15, -0.1) is 0 Å². The van der Waals surface area contributed by atoms with E-state index in [0.29, 0.717) is 41.2 Å². The van der Waals surface area contributed by atoms with Crippen molar-refractivity contribution in [1.29, 1.82) is 0 Å². The fourth-order valence-electron chi connectivity index (χ4n) is 3.70. The number of sulfonamides is 1. The number of nitrogens with zero attached hydrogens (tertiary/aromatic N) is 1. The molecule has 0 fully saturated rings. The largest absolute Gasteiger partial charge is 0.416 e. The number of amides is 1. The summed E-state index contributed by atoms with van der Waals surface area (Å²) in [6.07, 6.45) is -3.41. The van der Waals surface area contributed by atoms with Gasteiger partial charge in [0.05, 0.1) is 10.5 Å². The van der Waals surface area contributed by atoms with Gasteiger partial charge < -0.3 is 4.90 Å². The molecular weight excluding hydrogens is 477 g/mol. The molecule has 0 atom stereocenters. The van der Waals surface area contributed by atoms with Crippen LogP contribution in [0, 0.1) is 0 Å². The Morgan fingerprint density at radius 2 is 1.76 bits per heavy atom. The van der Waals surface area contributed by atoms with Crippen molar-refractivity contribution in [3.8, 4) is 0 Å². The van der Waals surface area contributed by atoms with Crippen molar-refractivity contribution in [2.45, 2.75) is 23.9 Å². The minimum Gasteiger partial charge on any atom is -0.308 e. The van der Waals surface area contributed by atoms with Gasteiger partial charge in [-0.2, -0.15) is 13.2 Å². The molecule has 3 aromatic carbocycles. The van der Waals surface area contributed by atoms with Gasteiger partial charge in [-0.05, 0) is 73.0 Å². The molecule has 1 aliphatic rings. The number of nitrogens with one attached hydrogen (secondary N) is 1. The molecule has 0 bridgehead atoms. The molecule has 0 spiro atoms. The van der Waals surface area contributed by atoms with Crippen LogP contribution < -0.4 is 9.62 Å². The minimum absolute atomic E-state index is 0.101. The summed E-state index contributed by atoms with van der Waals surface area (Å²) in [7, 11) is -4.14. The zero-order valence-corrected chi connectivity index (χ0v) is 18.6. The number of alkyl halides is 3. The van der Waals surface area contributed by atoms with E-state index in [2.05, 4.69) is 4.72 Å². The number of hydrogen-bond acceptors (Lipinski definition) is 3. The van der Waals surface area contributed by atoms with E-state index in [4.69, 9.17) is 11.6 Å². The molecule has 0 aromatic heterocycles. The fraction of sp³-hybridized carbons (Fsp3) is 0.174. The van der Waals surface area contributed by atoms with E-state index in [1.54, 1.807) is 29.2 Å². The molecule has 0 saturated heterocycles. The monoisotopic (exact) mass is 494 g/mol. The Morgan fingerprint density at radius 1 is 1.00 bits per heavy atom. The Labute approximate surface area is 193 Å². The summed E-state index contributed by atoms with van der Waals surface area (Å²) in [4.78, 5) is 14.5. The van der Waals surface area contributed by atoms with Gasteiger partial charge in [0.15, 0.2) is 0 Å². The van der Waals surface area contributed by atoms with Crippen LogP contribution in [0.25, 0.3) is 0 Å². The van der Waals surface area contributed by atoms with E-state index >= 15 is 0 Å². The summed E-state index contributed by atoms with van der Waals surface area (Å²) >= 11 is 5.99. The highest BCUT2D eigenvalue weighted by Crippen LogP contribution is 2.33.